The summed E-state index contributed by atoms with van der Waals surface area (Å²) in [5.41, 5.74) is 2.45. The minimum Gasteiger partial charge on any atom is -0.352 e. The fourth-order valence-electron chi connectivity index (χ4n) is 3.96. The normalized spacial score (nSPS) is 21.5. The van der Waals surface area contributed by atoms with Crippen LogP contribution in [0.2, 0.25) is 0 Å². The van der Waals surface area contributed by atoms with Gasteiger partial charge in [0.05, 0.1) is 6.04 Å². The summed E-state index contributed by atoms with van der Waals surface area (Å²) in [5, 5.41) is 9.48. The number of hydrogen-bond acceptors (Lipinski definition) is 3. The highest BCUT2D eigenvalue weighted by Crippen LogP contribution is 2.19. The predicted octanol–water partition coefficient (Wildman–Crippen LogP) is 2.71. The first-order valence-corrected chi connectivity index (χ1v) is 9.99. The van der Waals surface area contributed by atoms with Crippen LogP contribution in [0.5, 0.6) is 0 Å². The lowest BCUT2D eigenvalue weighted by molar-refractivity contribution is -0.131. The molecule has 150 valence electrons. The second kappa shape index (κ2) is 10.1. The van der Waals surface area contributed by atoms with Crippen molar-refractivity contribution in [2.45, 2.75) is 77.0 Å². The van der Waals surface area contributed by atoms with Gasteiger partial charge in [-0.05, 0) is 36.3 Å². The summed E-state index contributed by atoms with van der Waals surface area (Å²) in [4.78, 5) is 25.6. The highest BCUT2D eigenvalue weighted by Gasteiger charge is 2.31. The van der Waals surface area contributed by atoms with Crippen LogP contribution >= 0.6 is 12.4 Å². The molecule has 1 heterocycles. The third-order valence-corrected chi connectivity index (χ3v) is 5.89. The SMILES string of the molecule is CCC(C)[C@H](NC(=O)[C@@H]1Cc2ccccc2CN1)C(=O)NC1CCCC1.Cl. The molecule has 6 heteroatoms. The number of halogens is 1. The Bertz CT molecular complexity index is 646. The molecule has 0 radical (unpaired) electrons. The Kier molecular flexibility index (Phi) is 8.11. The van der Waals surface area contributed by atoms with Crippen molar-refractivity contribution in [1.29, 1.82) is 0 Å². The molecule has 1 saturated carbocycles. The van der Waals surface area contributed by atoms with E-state index in [1.54, 1.807) is 0 Å². The third-order valence-electron chi connectivity index (χ3n) is 5.89. The van der Waals surface area contributed by atoms with Crippen molar-refractivity contribution >= 4 is 24.2 Å². The van der Waals surface area contributed by atoms with Crippen LogP contribution in [0.15, 0.2) is 24.3 Å². The molecule has 0 bridgehead atoms. The number of fused-ring (bicyclic) bond motifs is 1. The minimum atomic E-state index is -0.466. The van der Waals surface area contributed by atoms with Crippen molar-refractivity contribution in [2.24, 2.45) is 5.92 Å². The number of nitrogens with one attached hydrogen (secondary N) is 3. The lowest BCUT2D eigenvalue weighted by Gasteiger charge is -2.30. The molecular weight excluding hydrogens is 362 g/mol. The van der Waals surface area contributed by atoms with Crippen molar-refractivity contribution in [3.63, 3.8) is 0 Å². The van der Waals surface area contributed by atoms with Gasteiger partial charge in [-0.15, -0.1) is 12.4 Å². The molecular formula is C21H32ClN3O2. The summed E-state index contributed by atoms with van der Waals surface area (Å²) in [6.07, 6.45) is 5.97. The Morgan fingerprint density at radius 3 is 2.52 bits per heavy atom. The Labute approximate surface area is 168 Å². The average Bonchev–Trinajstić information content (AvgIpc) is 3.17. The molecule has 1 fully saturated rings. The van der Waals surface area contributed by atoms with Crippen LogP contribution in [0.3, 0.4) is 0 Å². The quantitative estimate of drug-likeness (QED) is 0.695. The maximum atomic E-state index is 12.8. The molecule has 2 amide bonds. The average molecular weight is 394 g/mol. The summed E-state index contributed by atoms with van der Waals surface area (Å²) in [6.45, 7) is 4.78. The topological polar surface area (TPSA) is 70.2 Å². The number of carbonyl (C=O) groups is 2. The Hall–Kier alpha value is -1.59. The second-order valence-corrected chi connectivity index (χ2v) is 7.77. The lowest BCUT2D eigenvalue weighted by Crippen LogP contribution is -2.57. The molecule has 27 heavy (non-hydrogen) atoms. The molecule has 5 nitrogen and oxygen atoms in total. The summed E-state index contributed by atoms with van der Waals surface area (Å²) in [7, 11) is 0. The van der Waals surface area contributed by atoms with E-state index in [2.05, 4.69) is 35.0 Å². The van der Waals surface area contributed by atoms with Crippen molar-refractivity contribution < 1.29 is 9.59 Å². The first-order valence-electron chi connectivity index (χ1n) is 9.99. The van der Waals surface area contributed by atoms with Crippen LogP contribution in [-0.2, 0) is 22.6 Å². The molecule has 1 unspecified atom stereocenters. The maximum absolute atomic E-state index is 12.8. The van der Waals surface area contributed by atoms with Gasteiger partial charge in [0.15, 0.2) is 0 Å². The van der Waals surface area contributed by atoms with E-state index in [1.807, 2.05) is 19.1 Å². The largest absolute Gasteiger partial charge is 0.352 e. The first-order chi connectivity index (χ1) is 12.6. The van der Waals surface area contributed by atoms with Crippen LogP contribution in [0, 0.1) is 5.92 Å². The third kappa shape index (κ3) is 5.45. The Morgan fingerprint density at radius 1 is 1.19 bits per heavy atom. The van der Waals surface area contributed by atoms with Gasteiger partial charge in [-0.3, -0.25) is 9.59 Å². The van der Waals surface area contributed by atoms with Gasteiger partial charge >= 0.3 is 0 Å². The smallest absolute Gasteiger partial charge is 0.243 e. The molecule has 3 N–H and O–H groups in total. The zero-order valence-electron chi connectivity index (χ0n) is 16.3. The van der Waals surface area contributed by atoms with Gasteiger partial charge < -0.3 is 16.0 Å². The highest BCUT2D eigenvalue weighted by molar-refractivity contribution is 5.90. The number of rotatable bonds is 6. The van der Waals surface area contributed by atoms with E-state index in [0.717, 1.165) is 19.3 Å². The van der Waals surface area contributed by atoms with Gasteiger partial charge in [0.1, 0.15) is 6.04 Å². The summed E-state index contributed by atoms with van der Waals surface area (Å²) < 4.78 is 0. The van der Waals surface area contributed by atoms with Gasteiger partial charge in [0.25, 0.3) is 0 Å². The van der Waals surface area contributed by atoms with Crippen LogP contribution in [0.4, 0.5) is 0 Å². The zero-order chi connectivity index (χ0) is 18.5. The van der Waals surface area contributed by atoms with Crippen molar-refractivity contribution in [3.05, 3.63) is 35.4 Å². The maximum Gasteiger partial charge on any atom is 0.243 e. The molecule has 1 aromatic carbocycles. The fraction of sp³-hybridized carbons (Fsp3) is 0.619. The van der Waals surface area contributed by atoms with E-state index < -0.39 is 6.04 Å². The van der Waals surface area contributed by atoms with Crippen LogP contribution in [-0.4, -0.2) is 29.9 Å². The van der Waals surface area contributed by atoms with Gasteiger partial charge in [0.2, 0.25) is 11.8 Å². The molecule has 3 rings (SSSR count). The van der Waals surface area contributed by atoms with Gasteiger partial charge in [0, 0.05) is 12.6 Å². The fourth-order valence-corrected chi connectivity index (χ4v) is 3.96. The van der Waals surface area contributed by atoms with Crippen molar-refractivity contribution in [2.75, 3.05) is 0 Å². The minimum absolute atomic E-state index is 0. The standard InChI is InChI=1S/C21H31N3O2.ClH/c1-3-14(2)19(21(26)23-17-10-6-7-11-17)24-20(25)18-12-15-8-4-5-9-16(15)13-22-18;/h4-5,8-9,14,17-19,22H,3,6-7,10-13H2,1-2H3,(H,23,26)(H,24,25);1H/t14?,18-,19-;/m0./s1. The van der Waals surface area contributed by atoms with E-state index in [9.17, 15) is 9.59 Å². The molecule has 1 aromatic rings. The Morgan fingerprint density at radius 2 is 1.85 bits per heavy atom. The number of benzene rings is 1. The van der Waals surface area contributed by atoms with Gasteiger partial charge in [-0.1, -0.05) is 57.4 Å². The van der Waals surface area contributed by atoms with Crippen LogP contribution < -0.4 is 16.0 Å². The van der Waals surface area contributed by atoms with E-state index in [1.165, 1.54) is 24.0 Å². The van der Waals surface area contributed by atoms with Crippen molar-refractivity contribution in [3.8, 4) is 0 Å². The molecule has 3 atom stereocenters. The van der Waals surface area contributed by atoms with Crippen molar-refractivity contribution in [1.82, 2.24) is 16.0 Å². The van der Waals surface area contributed by atoms with Crippen LogP contribution in [0.1, 0.15) is 57.1 Å². The number of carbonyl (C=O) groups excluding carboxylic acids is 2. The lowest BCUT2D eigenvalue weighted by atomic mass is 9.94. The van der Waals surface area contributed by atoms with E-state index in [0.29, 0.717) is 13.0 Å². The van der Waals surface area contributed by atoms with E-state index in [4.69, 9.17) is 0 Å². The monoisotopic (exact) mass is 393 g/mol. The summed E-state index contributed by atoms with van der Waals surface area (Å²) in [6, 6.07) is 7.72. The number of hydrogen-bond donors (Lipinski definition) is 3. The summed E-state index contributed by atoms with van der Waals surface area (Å²) >= 11 is 0. The molecule has 1 aliphatic heterocycles. The van der Waals surface area contributed by atoms with Gasteiger partial charge in [-0.25, -0.2) is 0 Å². The Balaban J connectivity index is 0.00000261. The van der Waals surface area contributed by atoms with Gasteiger partial charge in [-0.2, -0.15) is 0 Å². The van der Waals surface area contributed by atoms with E-state index in [-0.39, 0.29) is 42.2 Å². The predicted molar refractivity (Wildman–Crippen MR) is 110 cm³/mol. The molecule has 2 aliphatic rings. The van der Waals surface area contributed by atoms with E-state index >= 15 is 0 Å². The summed E-state index contributed by atoms with van der Waals surface area (Å²) in [5.74, 6) is -0.00147. The second-order valence-electron chi connectivity index (χ2n) is 7.77. The highest BCUT2D eigenvalue weighted by atomic mass is 35.5. The number of amides is 2. The first kappa shape index (κ1) is 21.7. The molecule has 0 saturated heterocycles. The zero-order valence-corrected chi connectivity index (χ0v) is 17.1. The molecule has 0 spiro atoms. The molecule has 0 aromatic heterocycles. The van der Waals surface area contributed by atoms with Crippen LogP contribution in [0.25, 0.3) is 0 Å². The molecule has 1 aliphatic carbocycles.